The molecule has 3 saturated heterocycles. The lowest BCUT2D eigenvalue weighted by molar-refractivity contribution is -0.136. The van der Waals surface area contributed by atoms with Gasteiger partial charge in [0.05, 0.1) is 17.6 Å². The maximum Gasteiger partial charge on any atom is 0.249 e. The summed E-state index contributed by atoms with van der Waals surface area (Å²) in [7, 11) is 0. The Labute approximate surface area is 383 Å². The van der Waals surface area contributed by atoms with Crippen molar-refractivity contribution >= 4 is 64.0 Å². The van der Waals surface area contributed by atoms with E-state index < -0.39 is 34.8 Å². The molecule has 2 spiro atoms. The molecule has 14 heteroatoms. The number of benzene rings is 3. The fraction of sp³-hybridized carbons (Fsp3) is 0.460. The highest BCUT2D eigenvalue weighted by atomic mass is 35.5. The summed E-state index contributed by atoms with van der Waals surface area (Å²) in [5.74, 6) is 4.25. The quantitative estimate of drug-likeness (QED) is 0.0971. The first-order valence-corrected chi connectivity index (χ1v) is 23.4. The molecule has 334 valence electrons. The number of halogens is 3. The SMILES string of the molecule is C=C1c2cccc(C#CCCCNC(=O)CN3CCC(CC(=O)[C@@H]4NC5(CCCCC5)[C@@]5(C(=O)Nc6cc(Cl)ccc65)[C@H]4c4cccc(Cl)c4F)CC3)c2CN1C1CCC(=O)NC1=O. The van der Waals surface area contributed by atoms with Crippen molar-refractivity contribution in [2.75, 3.05) is 31.5 Å². The van der Waals surface area contributed by atoms with Gasteiger partial charge < -0.3 is 15.5 Å². The Morgan fingerprint density at radius 1 is 0.969 bits per heavy atom. The molecule has 0 aromatic heterocycles. The number of likely N-dealkylation sites (tertiary alicyclic amines) is 1. The first-order chi connectivity index (χ1) is 30.9. The van der Waals surface area contributed by atoms with Crippen LogP contribution >= 0.6 is 23.2 Å². The zero-order valence-corrected chi connectivity index (χ0v) is 37.3. The third-order valence-corrected chi connectivity index (χ3v) is 15.2. The minimum atomic E-state index is -1.26. The highest BCUT2D eigenvalue weighted by molar-refractivity contribution is 6.31. The molecule has 4 N–H and O–H groups in total. The number of hydrogen-bond acceptors (Lipinski definition) is 8. The minimum absolute atomic E-state index is 0.0444. The molecule has 5 aliphatic heterocycles. The first kappa shape index (κ1) is 44.2. The summed E-state index contributed by atoms with van der Waals surface area (Å²) in [6, 6.07) is 14.8. The van der Waals surface area contributed by atoms with E-state index in [1.165, 1.54) is 6.07 Å². The number of nitrogens with one attached hydrogen (secondary N) is 4. The predicted octanol–water partition coefficient (Wildman–Crippen LogP) is 6.99. The molecule has 5 heterocycles. The van der Waals surface area contributed by atoms with Gasteiger partial charge in [0.25, 0.3) is 0 Å². The molecule has 64 heavy (non-hydrogen) atoms. The lowest BCUT2D eigenvalue weighted by atomic mass is 9.55. The Morgan fingerprint density at radius 2 is 1.75 bits per heavy atom. The highest BCUT2D eigenvalue weighted by Crippen LogP contribution is 2.63. The largest absolute Gasteiger partial charge is 0.355 e. The number of rotatable bonds is 10. The number of anilines is 1. The second-order valence-corrected chi connectivity index (χ2v) is 19.2. The fourth-order valence-corrected chi connectivity index (χ4v) is 12.0. The number of carbonyl (C=O) groups excluding carboxylic acids is 5. The predicted molar refractivity (Wildman–Crippen MR) is 244 cm³/mol. The van der Waals surface area contributed by atoms with Crippen LogP contribution in [0.25, 0.3) is 5.70 Å². The van der Waals surface area contributed by atoms with Gasteiger partial charge in [-0.1, -0.05) is 91.2 Å². The molecule has 6 aliphatic rings. The molecule has 4 atom stereocenters. The molecular formula is C50H53Cl2FN6O5. The summed E-state index contributed by atoms with van der Waals surface area (Å²) < 4.78 is 16.3. The van der Waals surface area contributed by atoms with Crippen LogP contribution in [-0.4, -0.2) is 83.0 Å². The van der Waals surface area contributed by atoms with Gasteiger partial charge in [-0.3, -0.25) is 39.5 Å². The van der Waals surface area contributed by atoms with Crippen LogP contribution in [0, 0.1) is 23.6 Å². The first-order valence-electron chi connectivity index (χ1n) is 22.7. The van der Waals surface area contributed by atoms with Crippen molar-refractivity contribution in [3.05, 3.63) is 105 Å². The van der Waals surface area contributed by atoms with Gasteiger partial charge in [0.1, 0.15) is 17.3 Å². The second-order valence-electron chi connectivity index (χ2n) is 18.4. The smallest absolute Gasteiger partial charge is 0.249 e. The minimum Gasteiger partial charge on any atom is -0.355 e. The van der Waals surface area contributed by atoms with Crippen LogP contribution in [0.15, 0.2) is 61.2 Å². The van der Waals surface area contributed by atoms with Crippen molar-refractivity contribution in [2.24, 2.45) is 5.92 Å². The van der Waals surface area contributed by atoms with E-state index in [1.54, 1.807) is 24.3 Å². The van der Waals surface area contributed by atoms with Gasteiger partial charge >= 0.3 is 0 Å². The number of hydrogen-bond donors (Lipinski definition) is 4. The van der Waals surface area contributed by atoms with Gasteiger partial charge in [0.2, 0.25) is 23.6 Å². The molecular weight excluding hydrogens is 854 g/mol. The maximum absolute atomic E-state index is 16.3. The normalized spacial score (nSPS) is 25.2. The van der Waals surface area contributed by atoms with E-state index in [1.807, 2.05) is 29.2 Å². The van der Waals surface area contributed by atoms with Gasteiger partial charge in [-0.2, -0.15) is 0 Å². The summed E-state index contributed by atoms with van der Waals surface area (Å²) in [4.78, 5) is 70.7. The summed E-state index contributed by atoms with van der Waals surface area (Å²) >= 11 is 12.8. The van der Waals surface area contributed by atoms with Gasteiger partial charge in [-0.15, -0.1) is 0 Å². The van der Waals surface area contributed by atoms with Crippen LogP contribution in [0.1, 0.15) is 111 Å². The summed E-state index contributed by atoms with van der Waals surface area (Å²) in [5.41, 5.74) is 3.18. The number of unbranched alkanes of at least 4 members (excludes halogenated alkanes) is 1. The van der Waals surface area contributed by atoms with E-state index in [0.717, 1.165) is 60.1 Å². The molecule has 3 aromatic carbocycles. The number of carbonyl (C=O) groups is 5. The summed E-state index contributed by atoms with van der Waals surface area (Å²) in [5, 5.41) is 12.7. The van der Waals surface area contributed by atoms with Crippen molar-refractivity contribution < 1.29 is 28.4 Å². The molecule has 0 bridgehead atoms. The number of ketones is 1. The van der Waals surface area contributed by atoms with Crippen molar-refractivity contribution in [3.8, 4) is 11.8 Å². The zero-order valence-electron chi connectivity index (χ0n) is 35.8. The van der Waals surface area contributed by atoms with Crippen molar-refractivity contribution in [1.82, 2.24) is 25.8 Å². The van der Waals surface area contributed by atoms with Crippen molar-refractivity contribution in [2.45, 2.75) is 113 Å². The number of amides is 4. The van der Waals surface area contributed by atoms with Crippen molar-refractivity contribution in [1.29, 1.82) is 0 Å². The Morgan fingerprint density at radius 3 is 2.53 bits per heavy atom. The fourth-order valence-electron chi connectivity index (χ4n) is 11.7. The second kappa shape index (κ2) is 18.1. The number of imide groups is 1. The molecule has 4 amide bonds. The van der Waals surface area contributed by atoms with Gasteiger partial charge in [0.15, 0.2) is 5.78 Å². The van der Waals surface area contributed by atoms with E-state index in [4.69, 9.17) is 23.2 Å². The Balaban J connectivity index is 0.792. The van der Waals surface area contributed by atoms with Crippen LogP contribution in [0.4, 0.5) is 10.1 Å². The Hall–Kier alpha value is -5.06. The van der Waals surface area contributed by atoms with Crippen LogP contribution in [0.3, 0.4) is 0 Å². The molecule has 4 fully saturated rings. The third-order valence-electron chi connectivity index (χ3n) is 14.7. The standard InChI is InChI=1S/C50H53Cl2FN6O5/c1-30-34-12-8-11-32(36(34)28-59(30)40-17-18-42(61)56-47(40)63)10-4-2-7-23-54-43(62)29-58-24-19-31(20-25-58)26-41(60)46-44(35-13-9-14-38(52)45(35)53)50(49(57-46)21-5-3-6-22-49)37-16-15-33(51)27-39(37)55-48(50)64/h8-9,11-16,27,31,40,44,46,57H,1-3,5-7,17-26,28-29H2,(H,54,62)(H,55,64)(H,56,61,63)/t40?,44-,46-,50+/m0/s1. The molecule has 1 unspecified atom stereocenters. The summed E-state index contributed by atoms with van der Waals surface area (Å²) in [6.07, 6.45) is 7.87. The number of nitrogens with zero attached hydrogens (tertiary/aromatic N) is 2. The van der Waals surface area contributed by atoms with Gasteiger partial charge in [-0.25, -0.2) is 4.39 Å². The number of Topliss-reactive ketones (excluding diaryl/α,β-unsaturated/α-hetero) is 1. The van der Waals surface area contributed by atoms with Crippen LogP contribution in [-0.2, 0) is 35.9 Å². The average Bonchev–Trinajstić information content (AvgIpc) is 3.87. The van der Waals surface area contributed by atoms with Crippen LogP contribution in [0.5, 0.6) is 0 Å². The van der Waals surface area contributed by atoms with E-state index in [-0.39, 0.29) is 58.9 Å². The number of piperidine rings is 2. The molecule has 0 radical (unpaired) electrons. The monoisotopic (exact) mass is 906 g/mol. The number of fused-ring (bicyclic) bond motifs is 4. The lowest BCUT2D eigenvalue weighted by Gasteiger charge is -2.47. The Bertz CT molecular complexity index is 2490. The zero-order chi connectivity index (χ0) is 44.8. The molecule has 11 nitrogen and oxygen atoms in total. The highest BCUT2D eigenvalue weighted by Gasteiger charge is 2.72. The van der Waals surface area contributed by atoms with Gasteiger partial charge in [0, 0.05) is 71.3 Å². The summed E-state index contributed by atoms with van der Waals surface area (Å²) in [6.45, 7) is 6.83. The van der Waals surface area contributed by atoms with E-state index in [0.29, 0.717) is 75.4 Å². The topological polar surface area (TPSA) is 140 Å². The van der Waals surface area contributed by atoms with E-state index in [9.17, 15) is 24.0 Å². The Kier molecular flexibility index (Phi) is 12.5. The van der Waals surface area contributed by atoms with Crippen LogP contribution in [0.2, 0.25) is 10.0 Å². The molecule has 1 saturated carbocycles. The molecule has 1 aliphatic carbocycles. The molecule has 9 rings (SSSR count). The van der Waals surface area contributed by atoms with E-state index in [2.05, 4.69) is 44.6 Å². The van der Waals surface area contributed by atoms with Crippen LogP contribution < -0.4 is 21.3 Å². The van der Waals surface area contributed by atoms with Crippen molar-refractivity contribution in [3.63, 3.8) is 0 Å². The third kappa shape index (κ3) is 7.93. The average molecular weight is 908 g/mol. The van der Waals surface area contributed by atoms with E-state index >= 15 is 4.39 Å². The maximum atomic E-state index is 16.3. The molecule has 3 aromatic rings. The van der Waals surface area contributed by atoms with Gasteiger partial charge in [-0.05, 0) is 98.5 Å². The lowest BCUT2D eigenvalue weighted by Crippen LogP contribution is -2.60.